The van der Waals surface area contributed by atoms with Crippen LogP contribution in [0.2, 0.25) is 0 Å². The van der Waals surface area contributed by atoms with E-state index < -0.39 is 0 Å². The van der Waals surface area contributed by atoms with Gasteiger partial charge in [0.2, 0.25) is 0 Å². The van der Waals surface area contributed by atoms with Crippen LogP contribution in [0.4, 0.5) is 0 Å². The zero-order valence-electron chi connectivity index (χ0n) is 31.3. The van der Waals surface area contributed by atoms with Crippen LogP contribution in [0.3, 0.4) is 0 Å². The van der Waals surface area contributed by atoms with Gasteiger partial charge in [0.15, 0.2) is 5.82 Å². The second-order valence-corrected chi connectivity index (χ2v) is 15.4. The van der Waals surface area contributed by atoms with E-state index >= 15 is 0 Å². The van der Waals surface area contributed by atoms with Crippen LogP contribution in [0.15, 0.2) is 194 Å². The molecule has 268 valence electrons. The van der Waals surface area contributed by atoms with Crippen molar-refractivity contribution in [2.24, 2.45) is 0 Å². The molecule has 0 N–H and O–H groups in total. The first kappa shape index (κ1) is 31.4. The van der Waals surface area contributed by atoms with Crippen molar-refractivity contribution in [1.82, 2.24) is 19.1 Å². The van der Waals surface area contributed by atoms with Crippen molar-refractivity contribution >= 4 is 97.6 Å². The summed E-state index contributed by atoms with van der Waals surface area (Å²) in [5.41, 5.74) is 7.72. The molecule has 0 bridgehead atoms. The third-order valence-corrected chi connectivity index (χ3v) is 12.2. The number of nitrogens with zero attached hydrogens (tertiary/aromatic N) is 4. The lowest BCUT2D eigenvalue weighted by atomic mass is 9.97. The fourth-order valence-corrected chi connectivity index (χ4v) is 9.65. The third-order valence-electron chi connectivity index (χ3n) is 12.2. The molecule has 4 nitrogen and oxygen atoms in total. The Hall–Kier alpha value is -7.82. The molecule has 0 saturated carbocycles. The van der Waals surface area contributed by atoms with Gasteiger partial charge in [-0.2, -0.15) is 0 Å². The molecule has 3 heterocycles. The van der Waals surface area contributed by atoms with Crippen LogP contribution >= 0.6 is 0 Å². The Labute approximate surface area is 332 Å². The van der Waals surface area contributed by atoms with E-state index in [9.17, 15) is 0 Å². The van der Waals surface area contributed by atoms with E-state index in [0.717, 1.165) is 44.4 Å². The lowest BCUT2D eigenvalue weighted by Gasteiger charge is -2.15. The van der Waals surface area contributed by atoms with Crippen molar-refractivity contribution < 1.29 is 0 Å². The van der Waals surface area contributed by atoms with Gasteiger partial charge < -0.3 is 4.57 Å². The van der Waals surface area contributed by atoms with Gasteiger partial charge in [0, 0.05) is 37.9 Å². The Morgan fingerprint density at radius 2 is 0.828 bits per heavy atom. The van der Waals surface area contributed by atoms with Gasteiger partial charge in [0.05, 0.1) is 33.3 Å². The maximum Gasteiger partial charge on any atom is 0.162 e. The molecule has 0 radical (unpaired) electrons. The molecule has 58 heavy (non-hydrogen) atoms. The monoisotopic (exact) mass is 736 g/mol. The molecule has 0 aliphatic rings. The molecule has 3 aromatic heterocycles. The largest absolute Gasteiger partial charge is 0.309 e. The fourth-order valence-electron chi connectivity index (χ4n) is 9.65. The molecule has 13 aromatic rings. The van der Waals surface area contributed by atoms with Gasteiger partial charge in [-0.15, -0.1) is 0 Å². The summed E-state index contributed by atoms with van der Waals surface area (Å²) in [6.45, 7) is 0. The summed E-state index contributed by atoms with van der Waals surface area (Å²) in [5.74, 6) is 1.58. The zero-order valence-corrected chi connectivity index (χ0v) is 31.3. The molecule has 4 heteroatoms. The summed E-state index contributed by atoms with van der Waals surface area (Å²) in [5, 5.41) is 15.5. The van der Waals surface area contributed by atoms with Crippen LogP contribution in [-0.2, 0) is 0 Å². The van der Waals surface area contributed by atoms with Crippen molar-refractivity contribution in [3.63, 3.8) is 0 Å². The van der Waals surface area contributed by atoms with Crippen LogP contribution in [-0.4, -0.2) is 19.1 Å². The first-order chi connectivity index (χ1) is 28.8. The van der Waals surface area contributed by atoms with E-state index in [4.69, 9.17) is 9.97 Å². The quantitative estimate of drug-likeness (QED) is 0.169. The second-order valence-electron chi connectivity index (χ2n) is 15.4. The van der Waals surface area contributed by atoms with Crippen molar-refractivity contribution in [2.75, 3.05) is 0 Å². The average Bonchev–Trinajstić information content (AvgIpc) is 3.78. The number of para-hydroxylation sites is 3. The summed E-state index contributed by atoms with van der Waals surface area (Å²) in [6.07, 6.45) is 0. The maximum absolute atomic E-state index is 5.55. The first-order valence-electron chi connectivity index (χ1n) is 19.8. The first-order valence-corrected chi connectivity index (χ1v) is 19.8. The number of benzene rings is 10. The molecular weight excluding hydrogens is 705 g/mol. The van der Waals surface area contributed by atoms with Gasteiger partial charge in [-0.25, -0.2) is 9.97 Å². The van der Waals surface area contributed by atoms with E-state index in [-0.39, 0.29) is 0 Å². The summed E-state index contributed by atoms with van der Waals surface area (Å²) < 4.78 is 4.82. The predicted molar refractivity (Wildman–Crippen MR) is 244 cm³/mol. The van der Waals surface area contributed by atoms with E-state index in [0.29, 0.717) is 5.82 Å². The predicted octanol–water partition coefficient (Wildman–Crippen LogP) is 14.1. The van der Waals surface area contributed by atoms with Gasteiger partial charge in [-0.05, 0) is 98.4 Å². The molecule has 0 aliphatic heterocycles. The van der Waals surface area contributed by atoms with Crippen LogP contribution in [0.1, 0.15) is 0 Å². The number of rotatable bonds is 3. The zero-order chi connectivity index (χ0) is 37.9. The van der Waals surface area contributed by atoms with Gasteiger partial charge >= 0.3 is 0 Å². The Bertz CT molecular complexity index is 3870. The Morgan fingerprint density at radius 1 is 0.293 bits per heavy atom. The van der Waals surface area contributed by atoms with E-state index in [1.54, 1.807) is 0 Å². The van der Waals surface area contributed by atoms with Crippen molar-refractivity contribution in [3.8, 4) is 22.9 Å². The summed E-state index contributed by atoms with van der Waals surface area (Å²) in [7, 11) is 0. The van der Waals surface area contributed by atoms with E-state index in [1.807, 2.05) is 0 Å². The molecule has 0 saturated heterocycles. The maximum atomic E-state index is 5.55. The highest BCUT2D eigenvalue weighted by Gasteiger charge is 2.21. The minimum absolute atomic E-state index is 0.712. The topological polar surface area (TPSA) is 35.6 Å². The fraction of sp³-hybridized carbons (Fsp3) is 0. The molecule has 0 unspecified atom stereocenters. The van der Waals surface area contributed by atoms with Crippen molar-refractivity contribution in [3.05, 3.63) is 194 Å². The highest BCUT2D eigenvalue weighted by atomic mass is 15.1. The summed E-state index contributed by atoms with van der Waals surface area (Å²) in [6, 6.07) is 70.3. The van der Waals surface area contributed by atoms with Gasteiger partial charge in [-0.3, -0.25) is 4.57 Å². The van der Waals surface area contributed by atoms with Gasteiger partial charge in [0.1, 0.15) is 5.82 Å². The Balaban J connectivity index is 1.11. The highest BCUT2D eigenvalue weighted by Crippen LogP contribution is 2.42. The minimum Gasteiger partial charge on any atom is -0.309 e. The number of hydrogen-bond donors (Lipinski definition) is 0. The lowest BCUT2D eigenvalue weighted by Crippen LogP contribution is -2.03. The van der Waals surface area contributed by atoms with E-state index in [1.165, 1.54) is 70.3 Å². The molecule has 0 spiro atoms. The third kappa shape index (κ3) is 4.40. The average molecular weight is 737 g/mol. The smallest absolute Gasteiger partial charge is 0.162 e. The van der Waals surface area contributed by atoms with E-state index in [2.05, 4.69) is 203 Å². The molecule has 13 rings (SSSR count). The Morgan fingerprint density at radius 3 is 1.62 bits per heavy atom. The van der Waals surface area contributed by atoms with Crippen LogP contribution in [0.25, 0.3) is 120 Å². The summed E-state index contributed by atoms with van der Waals surface area (Å²) in [4.78, 5) is 10.8. The molecule has 10 aromatic carbocycles. The normalized spacial score (nSPS) is 12.1. The minimum atomic E-state index is 0.712. The Kier molecular flexibility index (Phi) is 6.41. The van der Waals surface area contributed by atoms with Crippen LogP contribution in [0, 0.1) is 0 Å². The van der Waals surface area contributed by atoms with Crippen LogP contribution in [0.5, 0.6) is 0 Å². The summed E-state index contributed by atoms with van der Waals surface area (Å²) >= 11 is 0. The molecular formula is C54H32N4. The van der Waals surface area contributed by atoms with Crippen molar-refractivity contribution in [1.29, 1.82) is 0 Å². The number of fused-ring (bicyclic) bond motifs is 12. The van der Waals surface area contributed by atoms with Crippen molar-refractivity contribution in [2.45, 2.75) is 0 Å². The number of aromatic nitrogens is 4. The number of hydrogen-bond acceptors (Lipinski definition) is 2. The molecule has 0 amide bonds. The van der Waals surface area contributed by atoms with Gasteiger partial charge in [0.25, 0.3) is 0 Å². The molecule has 0 aliphatic carbocycles. The highest BCUT2D eigenvalue weighted by molar-refractivity contribution is 6.18. The van der Waals surface area contributed by atoms with Crippen LogP contribution < -0.4 is 0 Å². The standard InChI is InChI=1S/C54H32N4/c1-2-15-34-30-51-44(28-33(34)14-1)40-21-8-11-25-48(40)57(51)50-27-13-17-36-31-52-45(32-43(36)50)41-22-9-12-26-49(41)58(52)54-42-23-7-10-24-47(42)55-53(56-54)46-29-35-16-3-4-18-37(35)38-19-5-6-20-39(38)46/h1-32H. The lowest BCUT2D eigenvalue weighted by molar-refractivity contribution is 1.08. The molecule has 0 fully saturated rings. The SMILES string of the molecule is c1ccc2cc3c(cc2c1)c1ccccc1n3-c1cccc2cc3c(cc12)c1ccccc1n3-c1nc(-c2cc3ccccc3c3ccccc23)nc2ccccc12. The second kappa shape index (κ2) is 11.8. The van der Waals surface area contributed by atoms with Gasteiger partial charge in [-0.1, -0.05) is 133 Å². The molecule has 0 atom stereocenters.